The Bertz CT molecular complexity index is 882. The van der Waals surface area contributed by atoms with Gasteiger partial charge in [0.05, 0.1) is 11.5 Å². The summed E-state index contributed by atoms with van der Waals surface area (Å²) in [6.45, 7) is 16.8. The quantitative estimate of drug-likeness (QED) is 0.291. The predicted molar refractivity (Wildman–Crippen MR) is 141 cm³/mol. The molecule has 0 aromatic heterocycles. The Morgan fingerprint density at radius 1 is 0.882 bits per heavy atom. The zero-order valence-electron chi connectivity index (χ0n) is 22.1. The number of aliphatic hydroxyl groups excluding tert-OH is 1. The molecule has 0 aromatic rings. The van der Waals surface area contributed by atoms with Crippen LogP contribution in [0.3, 0.4) is 0 Å². The summed E-state index contributed by atoms with van der Waals surface area (Å²) in [4.78, 5) is 12.8. The van der Waals surface area contributed by atoms with Gasteiger partial charge in [0.25, 0.3) is 0 Å². The minimum absolute atomic E-state index is 0.0265. The Morgan fingerprint density at radius 2 is 1.59 bits per heavy atom. The summed E-state index contributed by atoms with van der Waals surface area (Å²) < 4.78 is 0. The minimum atomic E-state index is -0.554. The fraction of sp³-hybridized carbons (Fsp3) is 0.900. The number of rotatable bonds is 3. The number of carbonyl (C=O) groups is 1. The van der Waals surface area contributed by atoms with Gasteiger partial charge in [-0.3, -0.25) is 4.79 Å². The number of aliphatic carboxylic acids is 1. The molecule has 5 fully saturated rings. The average molecular weight is 536 g/mol. The van der Waals surface area contributed by atoms with Gasteiger partial charge in [0, 0.05) is 5.33 Å². The van der Waals surface area contributed by atoms with Crippen LogP contribution in [0.15, 0.2) is 12.2 Å². The first kappa shape index (κ1) is 25.3. The molecule has 0 spiro atoms. The lowest BCUT2D eigenvalue weighted by molar-refractivity contribution is -0.248. The molecule has 5 aliphatic rings. The lowest BCUT2D eigenvalue weighted by Gasteiger charge is -2.72. The van der Waals surface area contributed by atoms with Gasteiger partial charge in [-0.1, -0.05) is 62.7 Å². The van der Waals surface area contributed by atoms with Gasteiger partial charge in [-0.25, -0.2) is 0 Å². The van der Waals surface area contributed by atoms with Crippen molar-refractivity contribution in [3.05, 3.63) is 12.2 Å². The maximum atomic E-state index is 12.8. The van der Waals surface area contributed by atoms with Gasteiger partial charge in [-0.05, 0) is 115 Å². The zero-order valence-corrected chi connectivity index (χ0v) is 23.7. The van der Waals surface area contributed by atoms with Gasteiger partial charge in [0.1, 0.15) is 0 Å². The smallest absolute Gasteiger partial charge is 0.309 e. The Morgan fingerprint density at radius 3 is 2.24 bits per heavy atom. The van der Waals surface area contributed by atoms with E-state index >= 15 is 0 Å². The molecule has 192 valence electrons. The summed E-state index contributed by atoms with van der Waals surface area (Å²) >= 11 is 3.66. The molecule has 0 aliphatic heterocycles. The molecule has 0 heterocycles. The number of carboxylic acids is 1. The van der Waals surface area contributed by atoms with Crippen LogP contribution in [-0.2, 0) is 4.79 Å². The van der Waals surface area contributed by atoms with Crippen LogP contribution in [-0.4, -0.2) is 27.6 Å². The molecule has 0 amide bonds. The highest BCUT2D eigenvalue weighted by atomic mass is 79.9. The van der Waals surface area contributed by atoms with Crippen molar-refractivity contribution in [3.8, 4) is 0 Å². The van der Waals surface area contributed by atoms with E-state index in [0.29, 0.717) is 23.7 Å². The van der Waals surface area contributed by atoms with Gasteiger partial charge < -0.3 is 10.2 Å². The molecule has 0 bridgehead atoms. The first-order valence-corrected chi connectivity index (χ1v) is 15.1. The largest absolute Gasteiger partial charge is 0.481 e. The lowest BCUT2D eigenvalue weighted by Crippen LogP contribution is -2.67. The highest BCUT2D eigenvalue weighted by Crippen LogP contribution is 2.77. The number of hydrogen-bond acceptors (Lipinski definition) is 2. The number of carboxylic acid groups (broad SMARTS) is 1. The highest BCUT2D eigenvalue weighted by molar-refractivity contribution is 9.09. The molecule has 10 atom stereocenters. The van der Waals surface area contributed by atoms with E-state index in [-0.39, 0.29) is 33.7 Å². The molecule has 5 rings (SSSR count). The van der Waals surface area contributed by atoms with E-state index in [9.17, 15) is 15.0 Å². The number of hydrogen-bond donors (Lipinski definition) is 2. The summed E-state index contributed by atoms with van der Waals surface area (Å²) in [7, 11) is 0. The second-order valence-corrected chi connectivity index (χ2v) is 15.0. The monoisotopic (exact) mass is 534 g/mol. The average Bonchev–Trinajstić information content (AvgIpc) is 3.18. The fourth-order valence-electron chi connectivity index (χ4n) is 11.5. The number of halogens is 1. The van der Waals surface area contributed by atoms with Crippen molar-refractivity contribution in [1.82, 2.24) is 0 Å². The van der Waals surface area contributed by atoms with Crippen molar-refractivity contribution in [2.24, 2.45) is 56.7 Å². The van der Waals surface area contributed by atoms with Gasteiger partial charge in [-0.15, -0.1) is 0 Å². The molecular formula is C30H47BrO3. The number of allylic oxidation sites excluding steroid dienone is 1. The lowest BCUT2D eigenvalue weighted by atomic mass is 9.32. The van der Waals surface area contributed by atoms with Crippen LogP contribution in [0.2, 0.25) is 0 Å². The fourth-order valence-corrected chi connectivity index (χ4v) is 11.9. The third-order valence-corrected chi connectivity index (χ3v) is 14.3. The SMILES string of the molecule is C=C(CBr)[C@@H]1CC[C@]2(C(=O)O)CC[C@]3(C)C(CCC4C5(C)CC[C@H](O)C(C)(C)C5CC[C@]43C)C12. The van der Waals surface area contributed by atoms with Crippen LogP contribution < -0.4 is 0 Å². The summed E-state index contributed by atoms with van der Waals surface area (Å²) in [6.07, 6.45) is 10.3. The first-order valence-electron chi connectivity index (χ1n) is 13.9. The molecule has 0 saturated heterocycles. The van der Waals surface area contributed by atoms with Crippen LogP contribution in [0, 0.1) is 56.7 Å². The molecule has 34 heavy (non-hydrogen) atoms. The number of fused-ring (bicyclic) bond motifs is 7. The Labute approximate surface area is 215 Å². The Balaban J connectivity index is 1.56. The van der Waals surface area contributed by atoms with Crippen LogP contribution in [0.25, 0.3) is 0 Å². The predicted octanol–water partition coefficient (Wildman–Crippen LogP) is 7.46. The maximum absolute atomic E-state index is 12.8. The standard InChI is InChI=1S/C30H47BrO3/c1-18(17-31)19-9-14-30(25(33)34)16-15-28(5)20(24(19)30)7-8-22-27(4)12-11-23(32)26(2,3)21(27)10-13-29(22,28)6/h19-24,32H,1,7-17H2,2-6H3,(H,33,34)/t19-,20?,21?,22?,23-,24?,27?,28+,29+,30-/m0/s1. The molecule has 2 N–H and O–H groups in total. The van der Waals surface area contributed by atoms with E-state index in [1.54, 1.807) is 0 Å². The summed E-state index contributed by atoms with van der Waals surface area (Å²) in [5, 5.41) is 22.2. The van der Waals surface area contributed by atoms with Crippen molar-refractivity contribution >= 4 is 21.9 Å². The highest BCUT2D eigenvalue weighted by Gasteiger charge is 2.72. The first-order chi connectivity index (χ1) is 15.8. The van der Waals surface area contributed by atoms with E-state index in [1.807, 2.05) is 0 Å². The molecule has 5 unspecified atom stereocenters. The molecular weight excluding hydrogens is 488 g/mol. The summed E-state index contributed by atoms with van der Waals surface area (Å²) in [5.74, 6) is 1.69. The normalized spacial score (nSPS) is 53.7. The summed E-state index contributed by atoms with van der Waals surface area (Å²) in [6, 6.07) is 0. The van der Waals surface area contributed by atoms with E-state index in [1.165, 1.54) is 24.8 Å². The van der Waals surface area contributed by atoms with Gasteiger partial charge in [-0.2, -0.15) is 0 Å². The van der Waals surface area contributed by atoms with Crippen LogP contribution in [0.4, 0.5) is 0 Å². The van der Waals surface area contributed by atoms with E-state index < -0.39 is 11.4 Å². The topological polar surface area (TPSA) is 57.5 Å². The maximum Gasteiger partial charge on any atom is 0.309 e. The second-order valence-electron chi connectivity index (χ2n) is 14.5. The van der Waals surface area contributed by atoms with Crippen molar-refractivity contribution in [3.63, 3.8) is 0 Å². The zero-order chi connectivity index (χ0) is 24.9. The van der Waals surface area contributed by atoms with Gasteiger partial charge in [0.15, 0.2) is 0 Å². The van der Waals surface area contributed by atoms with E-state index in [2.05, 4.69) is 57.1 Å². The Kier molecular flexibility index (Phi) is 5.82. The van der Waals surface area contributed by atoms with Crippen LogP contribution >= 0.6 is 15.9 Å². The third kappa shape index (κ3) is 2.93. The minimum Gasteiger partial charge on any atom is -0.481 e. The van der Waals surface area contributed by atoms with Crippen molar-refractivity contribution < 1.29 is 15.0 Å². The van der Waals surface area contributed by atoms with E-state index in [4.69, 9.17) is 0 Å². The van der Waals surface area contributed by atoms with Crippen molar-refractivity contribution in [1.29, 1.82) is 0 Å². The van der Waals surface area contributed by atoms with Gasteiger partial charge in [0.2, 0.25) is 0 Å². The molecule has 4 heteroatoms. The number of aliphatic hydroxyl groups is 1. The molecule has 3 nitrogen and oxygen atoms in total. The summed E-state index contributed by atoms with van der Waals surface area (Å²) in [5.41, 5.74) is 1.29. The third-order valence-electron chi connectivity index (χ3n) is 13.5. The molecule has 0 radical (unpaired) electrons. The van der Waals surface area contributed by atoms with Crippen molar-refractivity contribution in [2.45, 2.75) is 105 Å². The number of alkyl halides is 1. The van der Waals surface area contributed by atoms with E-state index in [0.717, 1.165) is 50.3 Å². The van der Waals surface area contributed by atoms with Gasteiger partial charge >= 0.3 is 5.97 Å². The second kappa shape index (κ2) is 7.83. The molecule has 0 aromatic carbocycles. The van der Waals surface area contributed by atoms with Crippen molar-refractivity contribution in [2.75, 3.05) is 5.33 Å². The Hall–Kier alpha value is -0.350. The van der Waals surface area contributed by atoms with Crippen LogP contribution in [0.5, 0.6) is 0 Å². The van der Waals surface area contributed by atoms with Crippen LogP contribution in [0.1, 0.15) is 98.8 Å². The molecule has 5 saturated carbocycles. The molecule has 5 aliphatic carbocycles.